The first kappa shape index (κ1) is 11.0. The first-order chi connectivity index (χ1) is 5.33. The number of methoxy groups -OCH3 is 1. The van der Waals surface area contributed by atoms with E-state index >= 15 is 0 Å². The molecule has 68 valence electrons. The van der Waals surface area contributed by atoms with Crippen LogP contribution in [-0.2, 0) is 4.74 Å². The van der Waals surface area contributed by atoms with Gasteiger partial charge in [0.25, 0.3) is 0 Å². The second kappa shape index (κ2) is 6.66. The van der Waals surface area contributed by atoms with Crippen LogP contribution in [0.25, 0.3) is 0 Å². The second-order valence-electron chi connectivity index (χ2n) is 3.12. The fourth-order valence-electron chi connectivity index (χ4n) is 1.47. The molecule has 0 aromatic carbocycles. The molecule has 11 heavy (non-hydrogen) atoms. The predicted octanol–water partition coefficient (Wildman–Crippen LogP) is 3.24. The van der Waals surface area contributed by atoms with E-state index < -0.39 is 0 Å². The van der Waals surface area contributed by atoms with Gasteiger partial charge in [0.05, 0.1) is 6.10 Å². The highest BCUT2D eigenvalue weighted by atomic mass is 16.5. The van der Waals surface area contributed by atoms with Crippen molar-refractivity contribution in [2.45, 2.75) is 52.6 Å². The zero-order valence-corrected chi connectivity index (χ0v) is 8.39. The molecule has 1 heteroatoms. The molecule has 1 aliphatic carbocycles. The summed E-state index contributed by atoms with van der Waals surface area (Å²) in [6, 6.07) is 0. The molecule has 0 saturated heterocycles. The maximum Gasteiger partial charge on any atom is 0.0571 e. The van der Waals surface area contributed by atoms with Crippen LogP contribution in [0, 0.1) is 5.92 Å². The van der Waals surface area contributed by atoms with Crippen molar-refractivity contribution in [2.24, 2.45) is 5.92 Å². The summed E-state index contributed by atoms with van der Waals surface area (Å²) in [6.45, 7) is 6.33. The lowest BCUT2D eigenvalue weighted by Crippen LogP contribution is -2.18. The molecule has 0 unspecified atom stereocenters. The summed E-state index contributed by atoms with van der Waals surface area (Å²) in [5, 5.41) is 0. The van der Waals surface area contributed by atoms with Crippen molar-refractivity contribution in [2.75, 3.05) is 7.11 Å². The van der Waals surface area contributed by atoms with Gasteiger partial charge in [-0.25, -0.2) is 0 Å². The minimum atomic E-state index is 0.571. The molecule has 1 saturated carbocycles. The highest BCUT2D eigenvalue weighted by Crippen LogP contribution is 2.24. The normalized spacial score (nSPS) is 30.5. The third-order valence-corrected chi connectivity index (χ3v) is 2.30. The number of ether oxygens (including phenoxy) is 1. The molecule has 1 rings (SSSR count). The van der Waals surface area contributed by atoms with Crippen molar-refractivity contribution in [3.8, 4) is 0 Å². The standard InChI is InChI=1S/C8H16O.C2H6/c1-7-3-5-8(9-2)6-4-7;1-2/h7-8H,3-6H2,1-2H3;1-2H3. The highest BCUT2D eigenvalue weighted by molar-refractivity contribution is 4.68. The second-order valence-corrected chi connectivity index (χ2v) is 3.12. The lowest BCUT2D eigenvalue weighted by Gasteiger charge is -2.24. The van der Waals surface area contributed by atoms with Crippen LogP contribution < -0.4 is 0 Å². The predicted molar refractivity (Wildman–Crippen MR) is 49.8 cm³/mol. The lowest BCUT2D eigenvalue weighted by atomic mass is 9.89. The summed E-state index contributed by atoms with van der Waals surface area (Å²) in [6.07, 6.45) is 5.84. The number of rotatable bonds is 1. The summed E-state index contributed by atoms with van der Waals surface area (Å²) >= 11 is 0. The van der Waals surface area contributed by atoms with Gasteiger partial charge < -0.3 is 4.74 Å². The molecule has 1 aliphatic rings. The van der Waals surface area contributed by atoms with Gasteiger partial charge in [-0.2, -0.15) is 0 Å². The van der Waals surface area contributed by atoms with Gasteiger partial charge in [-0.15, -0.1) is 0 Å². The Balaban J connectivity index is 0.000000461. The maximum absolute atomic E-state index is 5.24. The largest absolute Gasteiger partial charge is 0.381 e. The lowest BCUT2D eigenvalue weighted by molar-refractivity contribution is 0.0593. The Morgan fingerprint density at radius 2 is 1.45 bits per heavy atom. The molecule has 0 spiro atoms. The molecule has 0 radical (unpaired) electrons. The highest BCUT2D eigenvalue weighted by Gasteiger charge is 2.16. The minimum absolute atomic E-state index is 0.571. The molecule has 1 fully saturated rings. The molecule has 0 amide bonds. The van der Waals surface area contributed by atoms with Crippen LogP contribution >= 0.6 is 0 Å². The van der Waals surface area contributed by atoms with Crippen molar-refractivity contribution in [3.05, 3.63) is 0 Å². The average molecular weight is 158 g/mol. The van der Waals surface area contributed by atoms with Crippen LogP contribution in [0.15, 0.2) is 0 Å². The van der Waals surface area contributed by atoms with E-state index in [0.717, 1.165) is 5.92 Å². The summed E-state index contributed by atoms with van der Waals surface area (Å²) in [7, 11) is 1.82. The van der Waals surface area contributed by atoms with Gasteiger partial charge >= 0.3 is 0 Å². The summed E-state index contributed by atoms with van der Waals surface area (Å²) < 4.78 is 5.24. The fourth-order valence-corrected chi connectivity index (χ4v) is 1.47. The van der Waals surface area contributed by atoms with Crippen molar-refractivity contribution in [1.82, 2.24) is 0 Å². The first-order valence-corrected chi connectivity index (χ1v) is 4.85. The molecular weight excluding hydrogens is 136 g/mol. The van der Waals surface area contributed by atoms with E-state index in [0.29, 0.717) is 6.10 Å². The van der Waals surface area contributed by atoms with E-state index in [9.17, 15) is 0 Å². The monoisotopic (exact) mass is 158 g/mol. The van der Waals surface area contributed by atoms with Gasteiger partial charge in [-0.05, 0) is 31.6 Å². The Labute approximate surface area is 71.1 Å². The average Bonchev–Trinajstić information content (AvgIpc) is 2.10. The number of hydrogen-bond acceptors (Lipinski definition) is 1. The molecule has 0 aromatic rings. The van der Waals surface area contributed by atoms with E-state index in [1.807, 2.05) is 21.0 Å². The van der Waals surface area contributed by atoms with Gasteiger partial charge in [-0.3, -0.25) is 0 Å². The zero-order valence-electron chi connectivity index (χ0n) is 8.39. The third-order valence-electron chi connectivity index (χ3n) is 2.30. The van der Waals surface area contributed by atoms with E-state index in [1.165, 1.54) is 25.7 Å². The SMILES string of the molecule is CC.COC1CCC(C)CC1. The van der Waals surface area contributed by atoms with Crippen molar-refractivity contribution >= 4 is 0 Å². The van der Waals surface area contributed by atoms with E-state index in [1.54, 1.807) is 0 Å². The van der Waals surface area contributed by atoms with Gasteiger partial charge in [-0.1, -0.05) is 20.8 Å². The summed E-state index contributed by atoms with van der Waals surface area (Å²) in [5.41, 5.74) is 0. The van der Waals surface area contributed by atoms with E-state index in [4.69, 9.17) is 4.74 Å². The Morgan fingerprint density at radius 3 is 1.82 bits per heavy atom. The van der Waals surface area contributed by atoms with Gasteiger partial charge in [0.1, 0.15) is 0 Å². The molecule has 0 heterocycles. The van der Waals surface area contributed by atoms with Gasteiger partial charge in [0.2, 0.25) is 0 Å². The van der Waals surface area contributed by atoms with Crippen molar-refractivity contribution in [3.63, 3.8) is 0 Å². The maximum atomic E-state index is 5.24. The van der Waals surface area contributed by atoms with E-state index in [2.05, 4.69) is 6.92 Å². The Hall–Kier alpha value is -0.0400. The first-order valence-electron chi connectivity index (χ1n) is 4.85. The minimum Gasteiger partial charge on any atom is -0.381 e. The van der Waals surface area contributed by atoms with E-state index in [-0.39, 0.29) is 0 Å². The quantitative estimate of drug-likeness (QED) is 0.569. The fraction of sp³-hybridized carbons (Fsp3) is 1.00. The molecule has 0 bridgehead atoms. The molecule has 0 aromatic heterocycles. The van der Waals surface area contributed by atoms with Crippen LogP contribution in [0.3, 0.4) is 0 Å². The third kappa shape index (κ3) is 4.41. The molecule has 0 atom stereocenters. The van der Waals surface area contributed by atoms with Gasteiger partial charge in [0, 0.05) is 7.11 Å². The van der Waals surface area contributed by atoms with Crippen LogP contribution in [-0.4, -0.2) is 13.2 Å². The smallest absolute Gasteiger partial charge is 0.0571 e. The topological polar surface area (TPSA) is 9.23 Å². The number of hydrogen-bond donors (Lipinski definition) is 0. The van der Waals surface area contributed by atoms with Gasteiger partial charge in [0.15, 0.2) is 0 Å². The van der Waals surface area contributed by atoms with Crippen LogP contribution in [0.2, 0.25) is 0 Å². The van der Waals surface area contributed by atoms with Crippen molar-refractivity contribution in [1.29, 1.82) is 0 Å². The summed E-state index contributed by atoms with van der Waals surface area (Å²) in [5.74, 6) is 0.941. The Kier molecular flexibility index (Phi) is 6.63. The molecule has 0 aliphatic heterocycles. The summed E-state index contributed by atoms with van der Waals surface area (Å²) in [4.78, 5) is 0. The molecule has 1 nitrogen and oxygen atoms in total. The Morgan fingerprint density at radius 1 is 1.00 bits per heavy atom. The molecule has 0 N–H and O–H groups in total. The zero-order chi connectivity index (χ0) is 8.69. The van der Waals surface area contributed by atoms with Crippen LogP contribution in [0.4, 0.5) is 0 Å². The Bertz CT molecular complexity index is 72.9. The molecular formula is C10H22O. The van der Waals surface area contributed by atoms with Crippen molar-refractivity contribution < 1.29 is 4.74 Å². The van der Waals surface area contributed by atoms with Crippen LogP contribution in [0.5, 0.6) is 0 Å². The van der Waals surface area contributed by atoms with Crippen LogP contribution in [0.1, 0.15) is 46.5 Å².